The Labute approximate surface area is 150 Å². The maximum absolute atomic E-state index is 11.4. The second kappa shape index (κ2) is 7.46. The van der Waals surface area contributed by atoms with E-state index in [0.29, 0.717) is 5.75 Å². The van der Waals surface area contributed by atoms with E-state index in [9.17, 15) is 4.79 Å². The van der Waals surface area contributed by atoms with Crippen LogP contribution in [0.3, 0.4) is 0 Å². The highest BCUT2D eigenvalue weighted by Gasteiger charge is 2.52. The van der Waals surface area contributed by atoms with Gasteiger partial charge in [0.15, 0.2) is 5.12 Å². The lowest BCUT2D eigenvalue weighted by Gasteiger charge is -2.32. The molecule has 1 aromatic carbocycles. The van der Waals surface area contributed by atoms with Gasteiger partial charge in [-0.1, -0.05) is 49.0 Å². The summed E-state index contributed by atoms with van der Waals surface area (Å²) < 4.78 is 12.3. The van der Waals surface area contributed by atoms with E-state index in [4.69, 9.17) is 9.31 Å². The van der Waals surface area contributed by atoms with Crippen molar-refractivity contribution >= 4 is 30.1 Å². The van der Waals surface area contributed by atoms with E-state index in [-0.39, 0.29) is 16.3 Å². The summed E-state index contributed by atoms with van der Waals surface area (Å²) in [7, 11) is -0.423. The van der Waals surface area contributed by atoms with Crippen molar-refractivity contribution in [1.29, 1.82) is 0 Å². The molecular weight excluding hydrogens is 319 g/mol. The summed E-state index contributed by atoms with van der Waals surface area (Å²) >= 11 is 1.29. The van der Waals surface area contributed by atoms with Crippen LogP contribution in [-0.2, 0) is 20.5 Å². The Morgan fingerprint density at radius 3 is 2.12 bits per heavy atom. The molecule has 130 valence electrons. The molecule has 0 spiro atoms. The Morgan fingerprint density at radius 1 is 1.12 bits per heavy atom. The van der Waals surface area contributed by atoms with E-state index in [1.807, 2.05) is 27.7 Å². The molecule has 1 fully saturated rings. The largest absolute Gasteiger partial charge is 0.491 e. The molecule has 0 amide bonds. The summed E-state index contributed by atoms with van der Waals surface area (Å²) in [5.41, 5.74) is 2.62. The van der Waals surface area contributed by atoms with Crippen LogP contribution in [0.1, 0.15) is 52.7 Å². The van der Waals surface area contributed by atoms with Gasteiger partial charge < -0.3 is 9.31 Å². The maximum atomic E-state index is 11.4. The van der Waals surface area contributed by atoms with Gasteiger partial charge in [-0.3, -0.25) is 4.79 Å². The van der Waals surface area contributed by atoms with Gasteiger partial charge in [0.05, 0.1) is 11.2 Å². The Balaban J connectivity index is 2.27. The normalized spacial score (nSPS) is 19.6. The smallest absolute Gasteiger partial charge is 0.400 e. The summed E-state index contributed by atoms with van der Waals surface area (Å²) in [6.45, 7) is 11.9. The zero-order valence-electron chi connectivity index (χ0n) is 15.5. The molecule has 1 aliphatic rings. The molecule has 0 N–H and O–H groups in total. The van der Waals surface area contributed by atoms with Crippen molar-refractivity contribution in [2.24, 2.45) is 0 Å². The lowest BCUT2D eigenvalue weighted by atomic mass is 9.78. The van der Waals surface area contributed by atoms with Gasteiger partial charge in [0.1, 0.15) is 0 Å². The molecule has 1 heterocycles. The van der Waals surface area contributed by atoms with E-state index >= 15 is 0 Å². The Morgan fingerprint density at radius 2 is 1.67 bits per heavy atom. The molecule has 0 bridgehead atoms. The number of carbonyl (C=O) groups is 1. The Bertz CT molecular complexity index is 604. The summed E-state index contributed by atoms with van der Waals surface area (Å²) in [5, 5.41) is 0.0961. The lowest BCUT2D eigenvalue weighted by molar-refractivity contribution is -0.109. The first-order valence-electron chi connectivity index (χ1n) is 8.43. The zero-order chi connectivity index (χ0) is 18.0. The molecule has 5 heteroatoms. The van der Waals surface area contributed by atoms with Crippen LogP contribution in [0.2, 0.25) is 0 Å². The van der Waals surface area contributed by atoms with Crippen LogP contribution >= 0.6 is 11.8 Å². The summed E-state index contributed by atoms with van der Waals surface area (Å²) in [6.07, 6.45) is 3.10. The van der Waals surface area contributed by atoms with Crippen LogP contribution < -0.4 is 0 Å². The summed E-state index contributed by atoms with van der Waals surface area (Å²) in [6, 6.07) is 8.46. The number of aryl methyl sites for hydroxylation is 1. The molecule has 0 unspecified atom stereocenters. The van der Waals surface area contributed by atoms with Crippen molar-refractivity contribution in [3.8, 4) is 0 Å². The molecule has 3 nitrogen and oxygen atoms in total. The van der Waals surface area contributed by atoms with Crippen LogP contribution in [0, 0.1) is 0 Å². The minimum absolute atomic E-state index is 0.0961. The van der Waals surface area contributed by atoms with Crippen molar-refractivity contribution in [1.82, 2.24) is 0 Å². The highest BCUT2D eigenvalue weighted by molar-refractivity contribution is 8.13. The second-order valence-corrected chi connectivity index (χ2v) is 8.34. The predicted molar refractivity (Wildman–Crippen MR) is 103 cm³/mol. The van der Waals surface area contributed by atoms with Crippen molar-refractivity contribution in [2.45, 2.75) is 59.2 Å². The van der Waals surface area contributed by atoms with Gasteiger partial charge in [-0.2, -0.15) is 0 Å². The van der Waals surface area contributed by atoms with E-state index in [1.54, 1.807) is 6.92 Å². The average molecular weight is 346 g/mol. The number of thioether (sulfide) groups is 1. The van der Waals surface area contributed by atoms with Crippen LogP contribution in [0.25, 0.3) is 6.08 Å². The first-order valence-corrected chi connectivity index (χ1v) is 9.41. The number of hydrogen-bond donors (Lipinski definition) is 0. The number of rotatable bonds is 5. The fraction of sp³-hybridized carbons (Fsp3) is 0.526. The number of hydrogen-bond acceptors (Lipinski definition) is 4. The number of benzene rings is 1. The summed E-state index contributed by atoms with van der Waals surface area (Å²) in [4.78, 5) is 11.4. The van der Waals surface area contributed by atoms with Crippen molar-refractivity contribution in [2.75, 3.05) is 5.75 Å². The lowest BCUT2D eigenvalue weighted by Crippen LogP contribution is -2.41. The number of carbonyl (C=O) groups excluding carboxylic acids is 1. The third-order valence-electron chi connectivity index (χ3n) is 4.74. The Kier molecular flexibility index (Phi) is 6.00. The quantitative estimate of drug-likeness (QED) is 0.733. The molecule has 1 aromatic rings. The molecule has 0 aliphatic carbocycles. The van der Waals surface area contributed by atoms with E-state index in [1.165, 1.54) is 17.3 Å². The monoisotopic (exact) mass is 346 g/mol. The van der Waals surface area contributed by atoms with E-state index < -0.39 is 7.12 Å². The van der Waals surface area contributed by atoms with Gasteiger partial charge in [-0.15, -0.1) is 0 Å². The van der Waals surface area contributed by atoms with Crippen LogP contribution in [0.5, 0.6) is 0 Å². The maximum Gasteiger partial charge on any atom is 0.491 e. The third kappa shape index (κ3) is 4.53. The van der Waals surface area contributed by atoms with Crippen molar-refractivity contribution in [3.63, 3.8) is 0 Å². The molecule has 24 heavy (non-hydrogen) atoms. The minimum atomic E-state index is -0.423. The van der Waals surface area contributed by atoms with E-state index in [0.717, 1.165) is 17.5 Å². The average Bonchev–Trinajstić information content (AvgIpc) is 2.72. The van der Waals surface area contributed by atoms with Crippen LogP contribution in [0.15, 0.2) is 29.7 Å². The van der Waals surface area contributed by atoms with E-state index in [2.05, 4.69) is 37.3 Å². The summed E-state index contributed by atoms with van der Waals surface area (Å²) in [5.74, 6) is 0.571. The molecule has 0 aromatic heterocycles. The molecule has 1 saturated heterocycles. The fourth-order valence-electron chi connectivity index (χ4n) is 2.42. The van der Waals surface area contributed by atoms with Gasteiger partial charge in [-0.25, -0.2) is 0 Å². The SMILES string of the molecule is CCc1ccc(C=C(CSC(C)=O)B2OC(C)(C)C(C)(C)O2)cc1. The third-order valence-corrected chi connectivity index (χ3v) is 5.62. The first kappa shape index (κ1) is 19.3. The van der Waals surface area contributed by atoms with Crippen LogP contribution in [-0.4, -0.2) is 29.2 Å². The standard InChI is InChI=1S/C19H27BO3S/c1-7-15-8-10-16(11-9-15)12-17(13-24-14(2)21)20-22-18(3,4)19(5,6)23-20/h8-12H,7,13H2,1-6H3. The fourth-order valence-corrected chi connectivity index (χ4v) is 3.01. The zero-order valence-corrected chi connectivity index (χ0v) is 16.3. The first-order chi connectivity index (χ1) is 11.1. The molecule has 1 aliphatic heterocycles. The molecule has 0 radical (unpaired) electrons. The predicted octanol–water partition coefficient (Wildman–Crippen LogP) is 4.54. The van der Waals surface area contributed by atoms with Crippen molar-refractivity contribution in [3.05, 3.63) is 40.9 Å². The molecule has 0 saturated carbocycles. The van der Waals surface area contributed by atoms with Gasteiger partial charge >= 0.3 is 7.12 Å². The second-order valence-electron chi connectivity index (χ2n) is 7.18. The van der Waals surface area contributed by atoms with Gasteiger partial charge in [-0.05, 0) is 50.7 Å². The highest BCUT2D eigenvalue weighted by atomic mass is 32.2. The van der Waals surface area contributed by atoms with Crippen LogP contribution in [0.4, 0.5) is 0 Å². The van der Waals surface area contributed by atoms with Gasteiger partial charge in [0.25, 0.3) is 0 Å². The minimum Gasteiger partial charge on any atom is -0.400 e. The molecule has 0 atom stereocenters. The Hall–Kier alpha value is -1.04. The van der Waals surface area contributed by atoms with Gasteiger partial charge in [0.2, 0.25) is 0 Å². The van der Waals surface area contributed by atoms with Crippen molar-refractivity contribution < 1.29 is 14.1 Å². The molecule has 2 rings (SSSR count). The molecular formula is C19H27BO3S. The topological polar surface area (TPSA) is 35.5 Å². The van der Waals surface area contributed by atoms with Gasteiger partial charge in [0, 0.05) is 12.7 Å². The highest BCUT2D eigenvalue weighted by Crippen LogP contribution is 2.39.